The number of amides is 1. The van der Waals surface area contributed by atoms with Crippen LogP contribution in [0.3, 0.4) is 0 Å². The number of fused-ring (bicyclic) bond motifs is 1. The fourth-order valence-electron chi connectivity index (χ4n) is 3.33. The van der Waals surface area contributed by atoms with Gasteiger partial charge in [0, 0.05) is 11.8 Å². The fourth-order valence-corrected chi connectivity index (χ4v) is 4.10. The molecule has 0 aliphatic rings. The van der Waals surface area contributed by atoms with Gasteiger partial charge >= 0.3 is 0 Å². The van der Waals surface area contributed by atoms with Crippen molar-refractivity contribution in [1.82, 2.24) is 14.6 Å². The van der Waals surface area contributed by atoms with Gasteiger partial charge in [0.05, 0.1) is 12.3 Å². The number of anilines is 1. The molecule has 36 heavy (non-hydrogen) atoms. The van der Waals surface area contributed by atoms with E-state index in [1.165, 1.54) is 28.0 Å². The maximum Gasteiger partial charge on any atom is 0.275 e. The zero-order valence-corrected chi connectivity index (χ0v) is 20.8. The quantitative estimate of drug-likeness (QED) is 0.283. The van der Waals surface area contributed by atoms with Crippen LogP contribution in [0.15, 0.2) is 58.9 Å². The monoisotopic (exact) mass is 501 g/mol. The fraction of sp³-hybridized carbons (Fsp3) is 0.192. The summed E-state index contributed by atoms with van der Waals surface area (Å²) in [4.78, 5) is 29.8. The molecule has 1 amide bonds. The Kier molecular flexibility index (Phi) is 7.42. The van der Waals surface area contributed by atoms with Crippen molar-refractivity contribution >= 4 is 34.0 Å². The van der Waals surface area contributed by atoms with Crippen LogP contribution in [0.4, 0.5) is 5.69 Å². The highest BCUT2D eigenvalue weighted by molar-refractivity contribution is 7.16. The van der Waals surface area contributed by atoms with Crippen LogP contribution in [-0.4, -0.2) is 27.1 Å². The van der Waals surface area contributed by atoms with Crippen molar-refractivity contribution in [3.05, 3.63) is 86.3 Å². The van der Waals surface area contributed by atoms with Crippen molar-refractivity contribution < 1.29 is 14.3 Å². The maximum atomic E-state index is 12.6. The molecule has 4 aromatic rings. The number of carbonyl (C=O) groups excluding carboxylic acids is 1. The van der Waals surface area contributed by atoms with Gasteiger partial charge in [-0.1, -0.05) is 35.1 Å². The zero-order valence-electron chi connectivity index (χ0n) is 19.9. The summed E-state index contributed by atoms with van der Waals surface area (Å²) in [6.07, 6.45) is 1.48. The molecular weight excluding hydrogens is 478 g/mol. The number of nitrogens with one attached hydrogen (secondary N) is 1. The lowest BCUT2D eigenvalue weighted by molar-refractivity contribution is -0.112. The van der Waals surface area contributed by atoms with E-state index < -0.39 is 5.91 Å². The Morgan fingerprint density at radius 2 is 1.92 bits per heavy atom. The van der Waals surface area contributed by atoms with E-state index in [1.54, 1.807) is 30.3 Å². The minimum atomic E-state index is -0.509. The standard InChI is InChI=1S/C26H23N5O4S/c1-4-34-23-12-18(11-19(14-27)25(33)28-20-8-5-16(2)6-9-20)7-10-22(23)35-15-21-13-24(32)31-26(29-21)36-17(3)30-31/h5-13H,4,15H2,1-3H3,(H,28,33). The number of hydrogen-bond acceptors (Lipinski definition) is 8. The van der Waals surface area contributed by atoms with Crippen LogP contribution in [-0.2, 0) is 11.4 Å². The molecule has 2 heterocycles. The number of aryl methyl sites for hydroxylation is 2. The average Bonchev–Trinajstić information content (AvgIpc) is 3.24. The number of carbonyl (C=O) groups is 1. The van der Waals surface area contributed by atoms with Gasteiger partial charge in [0.15, 0.2) is 11.5 Å². The molecule has 0 spiro atoms. The van der Waals surface area contributed by atoms with E-state index in [2.05, 4.69) is 15.4 Å². The molecule has 1 N–H and O–H groups in total. The third-order valence-corrected chi connectivity index (χ3v) is 5.85. The number of ether oxygens (including phenoxy) is 2. The summed E-state index contributed by atoms with van der Waals surface area (Å²) in [6, 6.07) is 15.7. The van der Waals surface area contributed by atoms with Crippen molar-refractivity contribution in [3.63, 3.8) is 0 Å². The Bertz CT molecular complexity index is 1550. The van der Waals surface area contributed by atoms with Crippen molar-refractivity contribution in [2.24, 2.45) is 0 Å². The summed E-state index contributed by atoms with van der Waals surface area (Å²) in [7, 11) is 0. The SMILES string of the molecule is CCOc1cc(C=C(C#N)C(=O)Nc2ccc(C)cc2)ccc1OCc1cc(=O)n2nc(C)sc2n1. The molecule has 0 atom stereocenters. The number of benzene rings is 2. The van der Waals surface area contributed by atoms with Gasteiger partial charge in [-0.15, -0.1) is 0 Å². The molecule has 2 aromatic carbocycles. The van der Waals surface area contributed by atoms with E-state index in [0.29, 0.717) is 40.0 Å². The first-order valence-electron chi connectivity index (χ1n) is 11.1. The molecule has 0 saturated carbocycles. The Morgan fingerprint density at radius 3 is 2.64 bits per heavy atom. The average molecular weight is 502 g/mol. The molecule has 0 aliphatic carbocycles. The Labute approximate surface area is 211 Å². The van der Waals surface area contributed by atoms with Crippen LogP contribution in [0, 0.1) is 25.2 Å². The highest BCUT2D eigenvalue weighted by atomic mass is 32.1. The number of nitrogens with zero attached hydrogens (tertiary/aromatic N) is 4. The molecule has 9 nitrogen and oxygen atoms in total. The van der Waals surface area contributed by atoms with Crippen molar-refractivity contribution in [2.45, 2.75) is 27.4 Å². The van der Waals surface area contributed by atoms with Gasteiger partial charge in [-0.05, 0) is 56.7 Å². The Hall–Kier alpha value is -4.49. The molecule has 0 radical (unpaired) electrons. The summed E-state index contributed by atoms with van der Waals surface area (Å²) in [5.74, 6) is 0.374. The first-order valence-corrected chi connectivity index (χ1v) is 11.9. The number of nitriles is 1. The summed E-state index contributed by atoms with van der Waals surface area (Å²) >= 11 is 1.32. The first kappa shape index (κ1) is 24.6. The van der Waals surface area contributed by atoms with Crippen LogP contribution in [0.1, 0.15) is 28.8 Å². The molecule has 182 valence electrons. The summed E-state index contributed by atoms with van der Waals surface area (Å²) < 4.78 is 12.9. The first-order chi connectivity index (χ1) is 17.4. The molecule has 0 aliphatic heterocycles. The molecular formula is C26H23N5O4S. The molecule has 4 rings (SSSR count). The molecule has 0 bridgehead atoms. The van der Waals surface area contributed by atoms with Crippen LogP contribution in [0.5, 0.6) is 11.5 Å². The lowest BCUT2D eigenvalue weighted by Gasteiger charge is -2.12. The largest absolute Gasteiger partial charge is 0.490 e. The predicted molar refractivity (Wildman–Crippen MR) is 137 cm³/mol. The van der Waals surface area contributed by atoms with Gasteiger partial charge in [-0.3, -0.25) is 9.59 Å². The minimum absolute atomic E-state index is 0.0514. The highest BCUT2D eigenvalue weighted by Crippen LogP contribution is 2.30. The smallest absolute Gasteiger partial charge is 0.275 e. The summed E-state index contributed by atoms with van der Waals surface area (Å²) in [6.45, 7) is 6.04. The molecule has 10 heteroatoms. The van der Waals surface area contributed by atoms with Gasteiger partial charge in [0.1, 0.15) is 23.3 Å². The van der Waals surface area contributed by atoms with Crippen LogP contribution in [0.25, 0.3) is 11.0 Å². The second-order valence-corrected chi connectivity index (χ2v) is 8.98. The van der Waals surface area contributed by atoms with Crippen LogP contribution in [0.2, 0.25) is 0 Å². The Morgan fingerprint density at radius 1 is 1.14 bits per heavy atom. The molecule has 2 aromatic heterocycles. The van der Waals surface area contributed by atoms with Gasteiger partial charge in [-0.25, -0.2) is 4.98 Å². The number of hydrogen-bond donors (Lipinski definition) is 1. The lowest BCUT2D eigenvalue weighted by Crippen LogP contribution is -2.16. The zero-order chi connectivity index (χ0) is 25.7. The van der Waals surface area contributed by atoms with Gasteiger partial charge in [0.25, 0.3) is 11.5 Å². The second-order valence-electron chi connectivity index (χ2n) is 7.82. The maximum absolute atomic E-state index is 12.6. The molecule has 0 saturated heterocycles. The third-order valence-electron chi connectivity index (χ3n) is 5.03. The normalized spacial score (nSPS) is 11.2. The summed E-state index contributed by atoms with van der Waals surface area (Å²) in [5, 5.41) is 17.1. The summed E-state index contributed by atoms with van der Waals surface area (Å²) in [5.41, 5.74) is 2.41. The topological polar surface area (TPSA) is 119 Å². The van der Waals surface area contributed by atoms with E-state index in [-0.39, 0.29) is 17.7 Å². The van der Waals surface area contributed by atoms with Crippen LogP contribution < -0.4 is 20.3 Å². The minimum Gasteiger partial charge on any atom is -0.490 e. The van der Waals surface area contributed by atoms with E-state index in [1.807, 2.05) is 39.0 Å². The van der Waals surface area contributed by atoms with Gasteiger partial charge in [-0.2, -0.15) is 14.9 Å². The predicted octanol–water partition coefficient (Wildman–Crippen LogP) is 4.29. The van der Waals surface area contributed by atoms with Crippen molar-refractivity contribution in [3.8, 4) is 17.6 Å². The molecule has 0 unspecified atom stereocenters. The van der Waals surface area contributed by atoms with E-state index >= 15 is 0 Å². The number of rotatable bonds is 8. The van der Waals surface area contributed by atoms with Crippen molar-refractivity contribution in [1.29, 1.82) is 5.26 Å². The highest BCUT2D eigenvalue weighted by Gasteiger charge is 2.13. The van der Waals surface area contributed by atoms with Crippen molar-refractivity contribution in [2.75, 3.05) is 11.9 Å². The second kappa shape index (κ2) is 10.8. The third kappa shape index (κ3) is 5.76. The van der Waals surface area contributed by atoms with E-state index in [4.69, 9.17) is 9.47 Å². The van der Waals surface area contributed by atoms with Crippen LogP contribution >= 0.6 is 11.3 Å². The van der Waals surface area contributed by atoms with Gasteiger partial charge in [0.2, 0.25) is 4.96 Å². The van der Waals surface area contributed by atoms with E-state index in [9.17, 15) is 14.9 Å². The Balaban J connectivity index is 1.53. The van der Waals surface area contributed by atoms with E-state index in [0.717, 1.165) is 10.6 Å². The number of aromatic nitrogens is 3. The van der Waals surface area contributed by atoms with Gasteiger partial charge < -0.3 is 14.8 Å². The lowest BCUT2D eigenvalue weighted by atomic mass is 10.1. The molecule has 0 fully saturated rings.